The zero-order chi connectivity index (χ0) is 30.1. The highest BCUT2D eigenvalue weighted by Crippen LogP contribution is 2.43. The van der Waals surface area contributed by atoms with Crippen LogP contribution in [0.15, 0.2) is 66.7 Å². The summed E-state index contributed by atoms with van der Waals surface area (Å²) in [6, 6.07) is 18.1. The molecule has 3 aromatic rings. The first-order valence-corrected chi connectivity index (χ1v) is 14.3. The Morgan fingerprint density at radius 3 is 2.32 bits per heavy atom. The van der Waals surface area contributed by atoms with Gasteiger partial charge in [0.15, 0.2) is 11.5 Å². The maximum absolute atomic E-state index is 13.6. The molecule has 9 nitrogen and oxygen atoms in total. The van der Waals surface area contributed by atoms with Crippen molar-refractivity contribution in [1.29, 1.82) is 0 Å². The molecule has 238 valence electrons. The van der Waals surface area contributed by atoms with Gasteiger partial charge < -0.3 is 24.8 Å². The Hall–Kier alpha value is -3.05. The molecule has 0 aliphatic carbocycles. The number of esters is 2. The van der Waals surface area contributed by atoms with E-state index in [0.717, 1.165) is 25.2 Å². The molecule has 1 aliphatic heterocycles. The largest absolute Gasteiger partial charge is 0.489 e. The number of amides is 1. The minimum atomic E-state index is -1.03. The van der Waals surface area contributed by atoms with Crippen molar-refractivity contribution in [3.63, 3.8) is 0 Å². The molecule has 0 aromatic heterocycles. The number of rotatable bonds is 11. The summed E-state index contributed by atoms with van der Waals surface area (Å²) in [6.07, 6.45) is 0.172. The highest BCUT2D eigenvalue weighted by atomic mass is 35.5. The molecule has 2 atom stereocenters. The van der Waals surface area contributed by atoms with Crippen LogP contribution in [0.3, 0.4) is 0 Å². The lowest BCUT2D eigenvalue weighted by molar-refractivity contribution is -0.142. The van der Waals surface area contributed by atoms with E-state index in [1.54, 1.807) is 30.3 Å². The monoisotopic (exact) mass is 685 g/mol. The lowest BCUT2D eigenvalue weighted by atomic mass is 10.1. The molecular formula is C31H35Cl4N3O6. The highest BCUT2D eigenvalue weighted by molar-refractivity contribution is 6.39. The Balaban J connectivity index is 0.00000337. The molecule has 1 fully saturated rings. The fraction of sp³-hybridized carbons (Fsp3) is 0.323. The van der Waals surface area contributed by atoms with Gasteiger partial charge in [0.1, 0.15) is 17.7 Å². The minimum absolute atomic E-state index is 0. The maximum atomic E-state index is 13.6. The summed E-state index contributed by atoms with van der Waals surface area (Å²) in [5.74, 6) is -2.26. The van der Waals surface area contributed by atoms with Crippen molar-refractivity contribution in [3.05, 3.63) is 93.5 Å². The van der Waals surface area contributed by atoms with Crippen LogP contribution < -0.4 is 20.1 Å². The Bertz CT molecular complexity index is 1400. The quantitative estimate of drug-likeness (QED) is 0.208. The molecule has 0 unspecified atom stereocenters. The molecule has 0 radical (unpaired) electrons. The molecule has 1 aliphatic rings. The zero-order valence-electron chi connectivity index (χ0n) is 24.2. The summed E-state index contributed by atoms with van der Waals surface area (Å²) in [5, 5.41) is 5.98. The van der Waals surface area contributed by atoms with E-state index in [1.807, 2.05) is 30.3 Å². The van der Waals surface area contributed by atoms with E-state index in [9.17, 15) is 14.4 Å². The van der Waals surface area contributed by atoms with Gasteiger partial charge in [-0.25, -0.2) is 9.59 Å². The molecular weight excluding hydrogens is 652 g/mol. The third-order valence-electron chi connectivity index (χ3n) is 6.76. The molecule has 1 amide bonds. The number of nitrogens with zero attached hydrogens (tertiary/aromatic N) is 1. The van der Waals surface area contributed by atoms with Gasteiger partial charge in [-0.2, -0.15) is 0 Å². The number of carbonyl (C=O) groups excluding carboxylic acids is 3. The minimum Gasteiger partial charge on any atom is -0.489 e. The highest BCUT2D eigenvalue weighted by Gasteiger charge is 2.29. The van der Waals surface area contributed by atoms with Crippen LogP contribution in [-0.4, -0.2) is 74.7 Å². The van der Waals surface area contributed by atoms with Crippen LogP contribution >= 0.6 is 48.0 Å². The maximum Gasteiger partial charge on any atom is 0.343 e. The van der Waals surface area contributed by atoms with Gasteiger partial charge >= 0.3 is 11.9 Å². The predicted octanol–water partition coefficient (Wildman–Crippen LogP) is 5.24. The number of hydrogen-bond acceptors (Lipinski definition) is 8. The number of nitrogens with one attached hydrogen (secondary N) is 2. The van der Waals surface area contributed by atoms with Crippen molar-refractivity contribution in [3.8, 4) is 11.5 Å². The van der Waals surface area contributed by atoms with E-state index in [4.69, 9.17) is 37.4 Å². The van der Waals surface area contributed by atoms with Crippen molar-refractivity contribution in [2.24, 2.45) is 0 Å². The molecule has 4 rings (SSSR count). The van der Waals surface area contributed by atoms with Gasteiger partial charge in [-0.05, 0) is 30.7 Å². The molecule has 0 spiro atoms. The van der Waals surface area contributed by atoms with E-state index in [1.165, 1.54) is 13.2 Å². The van der Waals surface area contributed by atoms with Gasteiger partial charge in [-0.15, -0.1) is 24.8 Å². The molecule has 13 heteroatoms. The lowest BCUT2D eigenvalue weighted by Crippen LogP contribution is -2.50. The second-order valence-electron chi connectivity index (χ2n) is 9.88. The molecule has 2 N–H and O–H groups in total. The van der Waals surface area contributed by atoms with Gasteiger partial charge in [0.25, 0.3) is 5.91 Å². The zero-order valence-corrected chi connectivity index (χ0v) is 27.4. The van der Waals surface area contributed by atoms with Crippen LogP contribution in [-0.2, 0) is 16.0 Å². The van der Waals surface area contributed by atoms with E-state index in [-0.39, 0.29) is 70.5 Å². The third-order valence-corrected chi connectivity index (χ3v) is 7.38. The first-order chi connectivity index (χ1) is 20.3. The molecule has 44 heavy (non-hydrogen) atoms. The topological polar surface area (TPSA) is 106 Å². The summed E-state index contributed by atoms with van der Waals surface area (Å²) >= 11 is 13.3. The summed E-state index contributed by atoms with van der Waals surface area (Å²) in [6.45, 7) is 5.63. The van der Waals surface area contributed by atoms with Crippen molar-refractivity contribution in [2.75, 3.05) is 39.9 Å². The standard InChI is InChI=1S/C31H33Cl2N3O6.2ClH/c1-20-19-36(14-13-34-20)15-16-41-28-24(32)18-23(27(26(28)33)42-30(38)22-11-7-4-8-12-22)29(37)35-25(31(39)40-2)17-21-9-5-3-6-10-21;;/h3-12,18,20,25,34H,13-17,19H2,1-2H3,(H,35,37);2*1H/t20-,25-;;/m0../s1. The molecule has 1 saturated heterocycles. The summed E-state index contributed by atoms with van der Waals surface area (Å²) < 4.78 is 16.6. The second-order valence-corrected chi connectivity index (χ2v) is 10.7. The number of halogens is 4. The van der Waals surface area contributed by atoms with Gasteiger partial charge in [0.05, 0.1) is 23.3 Å². The van der Waals surface area contributed by atoms with E-state index in [0.29, 0.717) is 12.6 Å². The Kier molecular flexibility index (Phi) is 15.2. The predicted molar refractivity (Wildman–Crippen MR) is 175 cm³/mol. The van der Waals surface area contributed by atoms with Crippen LogP contribution in [0.2, 0.25) is 10.0 Å². The molecule has 0 saturated carbocycles. The smallest absolute Gasteiger partial charge is 0.343 e. The molecule has 3 aromatic carbocycles. The number of ether oxygens (including phenoxy) is 3. The average Bonchev–Trinajstić information content (AvgIpc) is 3.00. The summed E-state index contributed by atoms with van der Waals surface area (Å²) in [4.78, 5) is 41.5. The van der Waals surface area contributed by atoms with Crippen LogP contribution in [0, 0.1) is 0 Å². The van der Waals surface area contributed by atoms with Crippen LogP contribution in [0.25, 0.3) is 0 Å². The second kappa shape index (κ2) is 18.0. The normalized spacial score (nSPS) is 15.1. The SMILES string of the molecule is COC(=O)[C@H](Cc1ccccc1)NC(=O)c1cc(Cl)c(OCCN2CCN[C@@H](C)C2)c(Cl)c1OC(=O)c1ccccc1.Cl.Cl. The Morgan fingerprint density at radius 2 is 1.68 bits per heavy atom. The Morgan fingerprint density at radius 1 is 1.02 bits per heavy atom. The number of piperazine rings is 1. The van der Waals surface area contributed by atoms with Crippen molar-refractivity contribution >= 4 is 65.9 Å². The van der Waals surface area contributed by atoms with Gasteiger partial charge in [0, 0.05) is 38.6 Å². The summed E-state index contributed by atoms with van der Waals surface area (Å²) in [5.41, 5.74) is 0.920. The third kappa shape index (κ3) is 9.99. The fourth-order valence-corrected chi connectivity index (χ4v) is 5.23. The van der Waals surface area contributed by atoms with Crippen molar-refractivity contribution in [2.45, 2.75) is 25.4 Å². The van der Waals surface area contributed by atoms with Gasteiger partial charge in [0.2, 0.25) is 0 Å². The molecule has 1 heterocycles. The van der Waals surface area contributed by atoms with E-state index < -0.39 is 23.9 Å². The van der Waals surface area contributed by atoms with E-state index in [2.05, 4.69) is 22.5 Å². The molecule has 0 bridgehead atoms. The first-order valence-electron chi connectivity index (χ1n) is 13.6. The fourth-order valence-electron chi connectivity index (χ4n) is 4.62. The van der Waals surface area contributed by atoms with Crippen molar-refractivity contribution < 1.29 is 28.6 Å². The number of hydrogen-bond donors (Lipinski definition) is 2. The number of benzene rings is 3. The average molecular weight is 687 g/mol. The number of carbonyl (C=O) groups is 3. The van der Waals surface area contributed by atoms with Gasteiger partial charge in [-0.1, -0.05) is 71.7 Å². The van der Waals surface area contributed by atoms with Gasteiger partial charge in [-0.3, -0.25) is 9.69 Å². The van der Waals surface area contributed by atoms with Crippen LogP contribution in [0.5, 0.6) is 11.5 Å². The van der Waals surface area contributed by atoms with Crippen molar-refractivity contribution in [1.82, 2.24) is 15.5 Å². The summed E-state index contributed by atoms with van der Waals surface area (Å²) in [7, 11) is 1.24. The van der Waals surface area contributed by atoms with E-state index >= 15 is 0 Å². The number of methoxy groups -OCH3 is 1. The Labute approximate surface area is 279 Å². The lowest BCUT2D eigenvalue weighted by Gasteiger charge is -2.31. The first kappa shape index (κ1) is 37.1. The van der Waals surface area contributed by atoms with Crippen LogP contribution in [0.1, 0.15) is 33.2 Å². The van der Waals surface area contributed by atoms with Crippen LogP contribution in [0.4, 0.5) is 0 Å².